The number of methoxy groups -OCH3 is 2. The number of carbonyl (C=O) groups is 1. The second-order valence-electron chi connectivity index (χ2n) is 7.01. The molecule has 1 amide bonds. The Labute approximate surface area is 159 Å². The first-order chi connectivity index (χ1) is 13.1. The zero-order chi connectivity index (χ0) is 18.9. The predicted octanol–water partition coefficient (Wildman–Crippen LogP) is 2.82. The molecule has 27 heavy (non-hydrogen) atoms. The molecule has 0 saturated carbocycles. The highest BCUT2D eigenvalue weighted by atomic mass is 16.5. The fraction of sp³-hybridized carbons (Fsp3) is 0.381. The van der Waals surface area contributed by atoms with Gasteiger partial charge in [-0.3, -0.25) is 9.69 Å². The van der Waals surface area contributed by atoms with Crippen molar-refractivity contribution in [3.63, 3.8) is 0 Å². The molecule has 2 aromatic carbocycles. The molecule has 0 atom stereocenters. The van der Waals surface area contributed by atoms with Crippen molar-refractivity contribution in [1.82, 2.24) is 10.2 Å². The van der Waals surface area contributed by atoms with Crippen LogP contribution in [0.5, 0.6) is 17.2 Å². The Hall–Kier alpha value is -2.73. The van der Waals surface area contributed by atoms with E-state index in [0.29, 0.717) is 11.3 Å². The van der Waals surface area contributed by atoms with Gasteiger partial charge in [0.05, 0.1) is 19.8 Å². The fourth-order valence-electron chi connectivity index (χ4n) is 3.79. The minimum absolute atomic E-state index is 0.0507. The minimum atomic E-state index is -0.598. The minimum Gasteiger partial charge on any atom is -0.493 e. The molecule has 2 aliphatic heterocycles. The lowest BCUT2D eigenvalue weighted by molar-refractivity contribution is -0.0304. The number of nitrogens with zero attached hydrogens (tertiary/aromatic N) is 1. The van der Waals surface area contributed by atoms with Gasteiger partial charge in [-0.2, -0.15) is 0 Å². The zero-order valence-electron chi connectivity index (χ0n) is 15.7. The number of hydrogen-bond donors (Lipinski definition) is 1. The Morgan fingerprint density at radius 2 is 1.81 bits per heavy atom. The van der Waals surface area contributed by atoms with E-state index in [9.17, 15) is 4.79 Å². The van der Waals surface area contributed by atoms with E-state index < -0.39 is 5.72 Å². The third kappa shape index (κ3) is 3.45. The molecule has 0 unspecified atom stereocenters. The summed E-state index contributed by atoms with van der Waals surface area (Å²) in [6, 6.07) is 13.4. The second-order valence-corrected chi connectivity index (χ2v) is 7.01. The highest BCUT2D eigenvalue weighted by Crippen LogP contribution is 2.34. The molecule has 0 aromatic heterocycles. The van der Waals surface area contributed by atoms with Gasteiger partial charge in [-0.25, -0.2) is 0 Å². The molecular formula is C21H24N2O4. The van der Waals surface area contributed by atoms with Crippen molar-refractivity contribution in [3.05, 3.63) is 53.6 Å². The van der Waals surface area contributed by atoms with Crippen LogP contribution in [0.1, 0.15) is 28.8 Å². The van der Waals surface area contributed by atoms with Crippen LogP contribution in [-0.2, 0) is 6.54 Å². The second kappa shape index (κ2) is 7.12. The zero-order valence-corrected chi connectivity index (χ0v) is 15.7. The lowest BCUT2D eigenvalue weighted by Crippen LogP contribution is -2.60. The molecular weight excluding hydrogens is 344 g/mol. The Balaban J connectivity index is 1.42. The van der Waals surface area contributed by atoms with Crippen molar-refractivity contribution in [2.45, 2.75) is 25.1 Å². The van der Waals surface area contributed by atoms with Crippen LogP contribution in [0.3, 0.4) is 0 Å². The molecule has 142 valence electrons. The van der Waals surface area contributed by atoms with E-state index >= 15 is 0 Å². The van der Waals surface area contributed by atoms with Crippen LogP contribution < -0.4 is 19.5 Å². The summed E-state index contributed by atoms with van der Waals surface area (Å²) in [6.45, 7) is 2.51. The van der Waals surface area contributed by atoms with Gasteiger partial charge >= 0.3 is 0 Å². The number of likely N-dealkylation sites (tertiary alicyclic amines) is 1. The molecule has 1 spiro atoms. The molecule has 2 aromatic rings. The van der Waals surface area contributed by atoms with Gasteiger partial charge in [-0.05, 0) is 29.8 Å². The lowest BCUT2D eigenvalue weighted by Gasteiger charge is -2.44. The molecule has 6 nitrogen and oxygen atoms in total. The predicted molar refractivity (Wildman–Crippen MR) is 101 cm³/mol. The van der Waals surface area contributed by atoms with Crippen molar-refractivity contribution >= 4 is 5.91 Å². The maximum absolute atomic E-state index is 12.4. The van der Waals surface area contributed by atoms with Gasteiger partial charge in [0, 0.05) is 32.5 Å². The standard InChI is InChI=1S/C21H24N2O4/c1-25-18-8-7-15(13-19(18)26-2)14-23-11-9-21(10-12-23)22-20(24)16-5-3-4-6-17(16)27-21/h3-8,13H,9-12,14H2,1-2H3,(H,22,24). The summed E-state index contributed by atoms with van der Waals surface area (Å²) < 4.78 is 16.9. The summed E-state index contributed by atoms with van der Waals surface area (Å²) in [7, 11) is 3.28. The Bertz CT molecular complexity index is 844. The summed E-state index contributed by atoms with van der Waals surface area (Å²) in [6.07, 6.45) is 1.50. The molecule has 4 rings (SSSR count). The van der Waals surface area contributed by atoms with Crippen LogP contribution in [0, 0.1) is 0 Å². The Kier molecular flexibility index (Phi) is 4.66. The third-order valence-electron chi connectivity index (χ3n) is 5.30. The van der Waals surface area contributed by atoms with E-state index in [2.05, 4.69) is 16.3 Å². The monoisotopic (exact) mass is 368 g/mol. The summed E-state index contributed by atoms with van der Waals surface area (Å²) in [5, 5.41) is 3.08. The van der Waals surface area contributed by atoms with E-state index in [1.54, 1.807) is 20.3 Å². The van der Waals surface area contributed by atoms with Gasteiger partial charge in [-0.1, -0.05) is 18.2 Å². The Morgan fingerprint density at radius 1 is 1.07 bits per heavy atom. The highest BCUT2D eigenvalue weighted by Gasteiger charge is 2.42. The average Bonchev–Trinajstić information content (AvgIpc) is 2.70. The SMILES string of the molecule is COc1ccc(CN2CCC3(CC2)NC(=O)c2ccccc2O3)cc1OC. The van der Waals surface area contributed by atoms with E-state index in [-0.39, 0.29) is 5.91 Å². The first-order valence-electron chi connectivity index (χ1n) is 9.16. The number of fused-ring (bicyclic) bond motifs is 1. The maximum Gasteiger partial charge on any atom is 0.258 e. The summed E-state index contributed by atoms with van der Waals surface area (Å²) in [5.41, 5.74) is 1.18. The first-order valence-corrected chi connectivity index (χ1v) is 9.16. The number of hydrogen-bond acceptors (Lipinski definition) is 5. The third-order valence-corrected chi connectivity index (χ3v) is 5.30. The number of rotatable bonds is 4. The van der Waals surface area contributed by atoms with Crippen molar-refractivity contribution in [3.8, 4) is 17.2 Å². The van der Waals surface area contributed by atoms with Crippen LogP contribution in [0.2, 0.25) is 0 Å². The van der Waals surface area contributed by atoms with E-state index in [0.717, 1.165) is 44.0 Å². The lowest BCUT2D eigenvalue weighted by atomic mass is 9.96. The van der Waals surface area contributed by atoms with Gasteiger partial charge in [0.2, 0.25) is 0 Å². The van der Waals surface area contributed by atoms with E-state index in [4.69, 9.17) is 14.2 Å². The number of para-hydroxylation sites is 1. The summed E-state index contributed by atoms with van der Waals surface area (Å²) in [5.74, 6) is 2.10. The van der Waals surface area contributed by atoms with Gasteiger partial charge in [0.25, 0.3) is 5.91 Å². The molecule has 1 fully saturated rings. The number of piperidine rings is 1. The molecule has 0 radical (unpaired) electrons. The summed E-state index contributed by atoms with van der Waals surface area (Å²) >= 11 is 0. The van der Waals surface area contributed by atoms with Crippen molar-refractivity contribution in [1.29, 1.82) is 0 Å². The van der Waals surface area contributed by atoms with Crippen molar-refractivity contribution < 1.29 is 19.0 Å². The largest absolute Gasteiger partial charge is 0.493 e. The van der Waals surface area contributed by atoms with Gasteiger partial charge in [0.1, 0.15) is 5.75 Å². The molecule has 1 saturated heterocycles. The number of nitrogens with one attached hydrogen (secondary N) is 1. The van der Waals surface area contributed by atoms with Gasteiger partial charge < -0.3 is 19.5 Å². The van der Waals surface area contributed by atoms with Crippen LogP contribution in [0.25, 0.3) is 0 Å². The molecule has 2 aliphatic rings. The molecule has 1 N–H and O–H groups in total. The number of carbonyl (C=O) groups excluding carboxylic acids is 1. The average molecular weight is 368 g/mol. The van der Waals surface area contributed by atoms with Crippen LogP contribution in [-0.4, -0.2) is 43.8 Å². The van der Waals surface area contributed by atoms with E-state index in [1.165, 1.54) is 5.56 Å². The topological polar surface area (TPSA) is 60.0 Å². The van der Waals surface area contributed by atoms with Crippen molar-refractivity contribution in [2.24, 2.45) is 0 Å². The molecule has 0 bridgehead atoms. The molecule has 6 heteroatoms. The fourth-order valence-corrected chi connectivity index (χ4v) is 3.79. The maximum atomic E-state index is 12.4. The smallest absolute Gasteiger partial charge is 0.258 e. The van der Waals surface area contributed by atoms with Crippen LogP contribution in [0.4, 0.5) is 0 Å². The van der Waals surface area contributed by atoms with Crippen LogP contribution >= 0.6 is 0 Å². The molecule has 0 aliphatic carbocycles. The van der Waals surface area contributed by atoms with Crippen molar-refractivity contribution in [2.75, 3.05) is 27.3 Å². The van der Waals surface area contributed by atoms with Gasteiger partial charge in [-0.15, -0.1) is 0 Å². The highest BCUT2D eigenvalue weighted by molar-refractivity contribution is 5.98. The molecule has 2 heterocycles. The van der Waals surface area contributed by atoms with Gasteiger partial charge in [0.15, 0.2) is 17.2 Å². The Morgan fingerprint density at radius 3 is 2.56 bits per heavy atom. The number of benzene rings is 2. The quantitative estimate of drug-likeness (QED) is 0.899. The van der Waals surface area contributed by atoms with E-state index in [1.807, 2.05) is 30.3 Å². The van der Waals surface area contributed by atoms with Crippen LogP contribution in [0.15, 0.2) is 42.5 Å². The summed E-state index contributed by atoms with van der Waals surface area (Å²) in [4.78, 5) is 14.8. The number of amides is 1. The number of ether oxygens (including phenoxy) is 3. The first kappa shape index (κ1) is 17.7. The normalized spacial score (nSPS) is 18.4.